The lowest BCUT2D eigenvalue weighted by atomic mass is 10.1. The minimum Gasteiger partial charge on any atom is -0.497 e. The SMILES string of the molecule is COc1ccc(CCOc2ccc([N+](=O)[O-])cn2)cc1. The number of ether oxygens (including phenoxy) is 2. The Morgan fingerprint density at radius 2 is 1.95 bits per heavy atom. The standard InChI is InChI=1S/C14H14N2O4/c1-19-13-5-2-11(3-6-13)8-9-20-14-7-4-12(10-15-14)16(17)18/h2-7,10H,8-9H2,1H3. The zero-order chi connectivity index (χ0) is 14.4. The summed E-state index contributed by atoms with van der Waals surface area (Å²) in [4.78, 5) is 13.9. The third-order valence-electron chi connectivity index (χ3n) is 2.73. The monoisotopic (exact) mass is 274 g/mol. The molecule has 0 aliphatic carbocycles. The number of aromatic nitrogens is 1. The summed E-state index contributed by atoms with van der Waals surface area (Å²) < 4.78 is 10.5. The number of methoxy groups -OCH3 is 1. The fraction of sp³-hybridized carbons (Fsp3) is 0.214. The maximum Gasteiger partial charge on any atom is 0.287 e. The molecule has 0 aliphatic rings. The highest BCUT2D eigenvalue weighted by Gasteiger charge is 2.05. The molecule has 0 N–H and O–H groups in total. The predicted octanol–water partition coefficient (Wildman–Crippen LogP) is 2.62. The molecule has 0 unspecified atom stereocenters. The Balaban J connectivity index is 1.84. The Labute approximate surface area is 116 Å². The summed E-state index contributed by atoms with van der Waals surface area (Å²) in [7, 11) is 1.62. The van der Waals surface area contributed by atoms with E-state index >= 15 is 0 Å². The molecule has 0 spiro atoms. The number of pyridine rings is 1. The highest BCUT2D eigenvalue weighted by atomic mass is 16.6. The van der Waals surface area contributed by atoms with Crippen molar-refractivity contribution in [3.63, 3.8) is 0 Å². The first-order chi connectivity index (χ1) is 9.69. The van der Waals surface area contributed by atoms with Gasteiger partial charge in [0.15, 0.2) is 0 Å². The fourth-order valence-electron chi connectivity index (χ4n) is 1.63. The summed E-state index contributed by atoms with van der Waals surface area (Å²) in [6.07, 6.45) is 1.91. The summed E-state index contributed by atoms with van der Waals surface area (Å²) in [5, 5.41) is 10.5. The molecule has 0 atom stereocenters. The van der Waals surface area contributed by atoms with E-state index in [1.807, 2.05) is 24.3 Å². The van der Waals surface area contributed by atoms with Crippen LogP contribution in [0.2, 0.25) is 0 Å². The van der Waals surface area contributed by atoms with E-state index in [4.69, 9.17) is 9.47 Å². The van der Waals surface area contributed by atoms with Crippen molar-refractivity contribution in [1.29, 1.82) is 0 Å². The van der Waals surface area contributed by atoms with E-state index in [1.165, 1.54) is 18.3 Å². The molecule has 1 heterocycles. The average Bonchev–Trinajstić information content (AvgIpc) is 2.48. The molecular weight excluding hydrogens is 260 g/mol. The Hall–Kier alpha value is -2.63. The maximum absolute atomic E-state index is 10.5. The topological polar surface area (TPSA) is 74.5 Å². The van der Waals surface area contributed by atoms with Crippen molar-refractivity contribution in [1.82, 2.24) is 4.98 Å². The molecule has 6 heteroatoms. The first-order valence-electron chi connectivity index (χ1n) is 6.05. The smallest absolute Gasteiger partial charge is 0.287 e. The minimum absolute atomic E-state index is 0.0486. The van der Waals surface area contributed by atoms with Crippen molar-refractivity contribution < 1.29 is 14.4 Å². The van der Waals surface area contributed by atoms with Crippen molar-refractivity contribution in [3.8, 4) is 11.6 Å². The lowest BCUT2D eigenvalue weighted by Crippen LogP contribution is -2.02. The second kappa shape index (κ2) is 6.51. The minimum atomic E-state index is -0.492. The summed E-state index contributed by atoms with van der Waals surface area (Å²) in [5.41, 5.74) is 1.07. The van der Waals surface area contributed by atoms with Crippen LogP contribution in [0.1, 0.15) is 5.56 Å². The van der Waals surface area contributed by atoms with Gasteiger partial charge in [-0.15, -0.1) is 0 Å². The molecule has 0 aliphatic heterocycles. The van der Waals surface area contributed by atoms with Crippen molar-refractivity contribution >= 4 is 5.69 Å². The van der Waals surface area contributed by atoms with Crippen molar-refractivity contribution in [2.24, 2.45) is 0 Å². The Morgan fingerprint density at radius 3 is 2.50 bits per heavy atom. The summed E-state index contributed by atoms with van der Waals surface area (Å²) in [6.45, 7) is 0.455. The molecule has 2 aromatic rings. The number of rotatable bonds is 6. The molecule has 0 amide bonds. The van der Waals surface area contributed by atoms with Gasteiger partial charge < -0.3 is 9.47 Å². The average molecular weight is 274 g/mol. The van der Waals surface area contributed by atoms with Gasteiger partial charge in [-0.25, -0.2) is 4.98 Å². The van der Waals surface area contributed by atoms with Gasteiger partial charge in [0, 0.05) is 18.6 Å². The van der Waals surface area contributed by atoms with Crippen LogP contribution in [0.5, 0.6) is 11.6 Å². The van der Waals surface area contributed by atoms with E-state index in [0.29, 0.717) is 12.5 Å². The second-order valence-corrected chi connectivity index (χ2v) is 4.06. The molecule has 6 nitrogen and oxygen atoms in total. The predicted molar refractivity (Wildman–Crippen MR) is 73.1 cm³/mol. The van der Waals surface area contributed by atoms with Gasteiger partial charge in [-0.2, -0.15) is 0 Å². The van der Waals surface area contributed by atoms with E-state index in [1.54, 1.807) is 7.11 Å². The van der Waals surface area contributed by atoms with Gasteiger partial charge >= 0.3 is 0 Å². The van der Waals surface area contributed by atoms with Crippen LogP contribution in [0.4, 0.5) is 5.69 Å². The number of nitrogens with zero attached hydrogens (tertiary/aromatic N) is 2. The number of nitro groups is 1. The Morgan fingerprint density at radius 1 is 1.20 bits per heavy atom. The van der Waals surface area contributed by atoms with Crippen LogP contribution in [0.3, 0.4) is 0 Å². The van der Waals surface area contributed by atoms with Crippen LogP contribution >= 0.6 is 0 Å². The van der Waals surface area contributed by atoms with Gasteiger partial charge in [-0.1, -0.05) is 12.1 Å². The first kappa shape index (κ1) is 13.8. The van der Waals surface area contributed by atoms with E-state index in [0.717, 1.165) is 17.7 Å². The largest absolute Gasteiger partial charge is 0.497 e. The van der Waals surface area contributed by atoms with Crippen molar-refractivity contribution in [3.05, 3.63) is 58.3 Å². The van der Waals surface area contributed by atoms with Gasteiger partial charge in [-0.3, -0.25) is 10.1 Å². The number of benzene rings is 1. The highest BCUT2D eigenvalue weighted by Crippen LogP contribution is 2.15. The Kier molecular flexibility index (Phi) is 4.49. The molecule has 0 saturated carbocycles. The molecule has 1 aromatic heterocycles. The Bertz CT molecular complexity index is 567. The normalized spacial score (nSPS) is 10.1. The van der Waals surface area contributed by atoms with E-state index in [2.05, 4.69) is 4.98 Å². The van der Waals surface area contributed by atoms with Crippen LogP contribution in [0, 0.1) is 10.1 Å². The van der Waals surface area contributed by atoms with Gasteiger partial charge in [0.25, 0.3) is 5.69 Å². The van der Waals surface area contributed by atoms with Gasteiger partial charge in [-0.05, 0) is 17.7 Å². The first-order valence-corrected chi connectivity index (χ1v) is 6.05. The van der Waals surface area contributed by atoms with E-state index in [9.17, 15) is 10.1 Å². The molecule has 0 saturated heterocycles. The van der Waals surface area contributed by atoms with Gasteiger partial charge in [0.2, 0.25) is 5.88 Å². The van der Waals surface area contributed by atoms with E-state index < -0.39 is 4.92 Å². The second-order valence-electron chi connectivity index (χ2n) is 4.06. The lowest BCUT2D eigenvalue weighted by molar-refractivity contribution is -0.385. The zero-order valence-electron chi connectivity index (χ0n) is 11.0. The van der Waals surface area contributed by atoms with Crippen LogP contribution in [0.15, 0.2) is 42.6 Å². The summed E-state index contributed by atoms with van der Waals surface area (Å²) in [5.74, 6) is 1.19. The molecular formula is C14H14N2O4. The highest BCUT2D eigenvalue weighted by molar-refractivity contribution is 5.29. The fourth-order valence-corrected chi connectivity index (χ4v) is 1.63. The number of hydrogen-bond donors (Lipinski definition) is 0. The van der Waals surface area contributed by atoms with Crippen molar-refractivity contribution in [2.75, 3.05) is 13.7 Å². The van der Waals surface area contributed by atoms with Crippen LogP contribution < -0.4 is 9.47 Å². The molecule has 1 aromatic carbocycles. The van der Waals surface area contributed by atoms with Crippen LogP contribution in [-0.2, 0) is 6.42 Å². The van der Waals surface area contributed by atoms with Crippen LogP contribution in [0.25, 0.3) is 0 Å². The number of hydrogen-bond acceptors (Lipinski definition) is 5. The third-order valence-corrected chi connectivity index (χ3v) is 2.73. The molecule has 2 rings (SSSR count). The summed E-state index contributed by atoms with van der Waals surface area (Å²) >= 11 is 0. The molecule has 104 valence electrons. The molecule has 0 radical (unpaired) electrons. The van der Waals surface area contributed by atoms with Gasteiger partial charge in [0.1, 0.15) is 11.9 Å². The molecule has 20 heavy (non-hydrogen) atoms. The van der Waals surface area contributed by atoms with Gasteiger partial charge in [0.05, 0.1) is 18.6 Å². The maximum atomic E-state index is 10.5. The third kappa shape index (κ3) is 3.68. The zero-order valence-corrected chi connectivity index (χ0v) is 11.0. The quantitative estimate of drug-likeness (QED) is 0.598. The lowest BCUT2D eigenvalue weighted by Gasteiger charge is -2.05. The summed E-state index contributed by atoms with van der Waals surface area (Å²) in [6, 6.07) is 10.6. The van der Waals surface area contributed by atoms with E-state index in [-0.39, 0.29) is 5.69 Å². The van der Waals surface area contributed by atoms with Crippen LogP contribution in [-0.4, -0.2) is 23.6 Å². The van der Waals surface area contributed by atoms with Crippen molar-refractivity contribution in [2.45, 2.75) is 6.42 Å². The molecule has 0 bridgehead atoms. The molecule has 0 fully saturated rings.